The zero-order valence-electron chi connectivity index (χ0n) is 9.82. The lowest BCUT2D eigenvalue weighted by Crippen LogP contribution is -2.28. The Bertz CT molecular complexity index is 512. The molecular formula is C12H15N3O3. The summed E-state index contributed by atoms with van der Waals surface area (Å²) in [5, 5.41) is 15.3. The van der Waals surface area contributed by atoms with Crippen LogP contribution in [0.2, 0.25) is 0 Å². The van der Waals surface area contributed by atoms with Crippen LogP contribution in [0.5, 0.6) is 5.75 Å². The van der Waals surface area contributed by atoms with Gasteiger partial charge in [-0.2, -0.15) is 0 Å². The van der Waals surface area contributed by atoms with Gasteiger partial charge in [0.25, 0.3) is 5.91 Å². The molecule has 6 heteroatoms. The molecule has 5 N–H and O–H groups in total. The summed E-state index contributed by atoms with van der Waals surface area (Å²) in [6, 6.07) is 3.43. The molecule has 0 saturated heterocycles. The fraction of sp³-hybridized carbons (Fsp3) is 0.417. The van der Waals surface area contributed by atoms with Crippen LogP contribution in [0.25, 0.3) is 0 Å². The number of carbonyl (C=O) groups excluding carboxylic acids is 1. The number of nitrogens with one attached hydrogen (secondary N) is 2. The Morgan fingerprint density at radius 2 is 2.28 bits per heavy atom. The smallest absolute Gasteiger partial charge is 0.262 e. The van der Waals surface area contributed by atoms with Crippen molar-refractivity contribution in [3.8, 4) is 5.75 Å². The lowest BCUT2D eigenvalue weighted by molar-refractivity contribution is -0.118. The average Bonchev–Trinajstić information content (AvgIpc) is 3.11. The maximum absolute atomic E-state index is 11.2. The highest BCUT2D eigenvalue weighted by molar-refractivity contribution is 5.97. The minimum absolute atomic E-state index is 0.0137. The van der Waals surface area contributed by atoms with E-state index in [4.69, 9.17) is 10.5 Å². The van der Waals surface area contributed by atoms with Gasteiger partial charge in [0.2, 0.25) is 0 Å². The zero-order chi connectivity index (χ0) is 12.8. The first-order valence-corrected chi connectivity index (χ1v) is 5.87. The number of benzene rings is 1. The number of fused-ring (bicyclic) bond motifs is 1. The lowest BCUT2D eigenvalue weighted by atomic mass is 10.1. The van der Waals surface area contributed by atoms with Crippen molar-refractivity contribution in [3.05, 3.63) is 12.1 Å². The van der Waals surface area contributed by atoms with Gasteiger partial charge in [0, 0.05) is 6.07 Å². The predicted molar refractivity (Wildman–Crippen MR) is 67.7 cm³/mol. The van der Waals surface area contributed by atoms with E-state index in [-0.39, 0.29) is 24.7 Å². The maximum Gasteiger partial charge on any atom is 0.262 e. The largest absolute Gasteiger partial charge is 0.482 e. The number of nitrogens with two attached hydrogens (primary N) is 1. The summed E-state index contributed by atoms with van der Waals surface area (Å²) in [5.74, 6) is 0.396. The molecule has 1 saturated carbocycles. The number of rotatable bonds is 3. The van der Waals surface area contributed by atoms with Crippen LogP contribution in [0, 0.1) is 0 Å². The molecule has 0 spiro atoms. The highest BCUT2D eigenvalue weighted by atomic mass is 16.5. The first-order valence-electron chi connectivity index (χ1n) is 5.87. The number of aliphatic hydroxyl groups excluding tert-OH is 1. The van der Waals surface area contributed by atoms with E-state index in [0.717, 1.165) is 12.8 Å². The third kappa shape index (κ3) is 1.84. The van der Waals surface area contributed by atoms with E-state index in [0.29, 0.717) is 22.8 Å². The van der Waals surface area contributed by atoms with Gasteiger partial charge in [-0.25, -0.2) is 0 Å². The Labute approximate surface area is 104 Å². The Kier molecular flexibility index (Phi) is 2.34. The highest BCUT2D eigenvalue weighted by Gasteiger charge is 2.42. The van der Waals surface area contributed by atoms with Crippen molar-refractivity contribution in [2.75, 3.05) is 29.6 Å². The summed E-state index contributed by atoms with van der Waals surface area (Å²) in [6.07, 6.45) is 1.84. The van der Waals surface area contributed by atoms with Crippen molar-refractivity contribution in [1.82, 2.24) is 0 Å². The van der Waals surface area contributed by atoms with Gasteiger partial charge in [-0.15, -0.1) is 0 Å². The topological polar surface area (TPSA) is 96.6 Å². The van der Waals surface area contributed by atoms with Crippen molar-refractivity contribution < 1.29 is 14.6 Å². The number of hydrogen-bond acceptors (Lipinski definition) is 5. The third-order valence-corrected chi connectivity index (χ3v) is 3.34. The fourth-order valence-corrected chi connectivity index (χ4v) is 2.01. The van der Waals surface area contributed by atoms with Crippen molar-refractivity contribution in [2.24, 2.45) is 0 Å². The number of hydrogen-bond donors (Lipinski definition) is 4. The van der Waals surface area contributed by atoms with E-state index >= 15 is 0 Å². The summed E-state index contributed by atoms with van der Waals surface area (Å²) < 4.78 is 5.27. The Hall–Kier alpha value is -1.95. The van der Waals surface area contributed by atoms with Crippen molar-refractivity contribution in [1.29, 1.82) is 0 Å². The molecular weight excluding hydrogens is 234 g/mol. The fourth-order valence-electron chi connectivity index (χ4n) is 2.01. The molecule has 1 aromatic carbocycles. The van der Waals surface area contributed by atoms with Crippen LogP contribution in [-0.2, 0) is 4.79 Å². The first kappa shape index (κ1) is 11.2. The molecule has 0 unspecified atom stereocenters. The van der Waals surface area contributed by atoms with Gasteiger partial charge in [-0.3, -0.25) is 4.79 Å². The number of nitrogen functional groups attached to an aromatic ring is 1. The van der Waals surface area contributed by atoms with Gasteiger partial charge in [0.05, 0.1) is 29.2 Å². The van der Waals surface area contributed by atoms with Crippen molar-refractivity contribution in [3.63, 3.8) is 0 Å². The van der Waals surface area contributed by atoms with Gasteiger partial charge >= 0.3 is 0 Å². The minimum atomic E-state index is -0.248. The lowest BCUT2D eigenvalue weighted by Gasteiger charge is -2.22. The molecule has 1 fully saturated rings. The molecule has 18 heavy (non-hydrogen) atoms. The molecule has 1 aromatic rings. The van der Waals surface area contributed by atoms with E-state index in [1.165, 1.54) is 0 Å². The Morgan fingerprint density at radius 1 is 1.50 bits per heavy atom. The van der Waals surface area contributed by atoms with Crippen LogP contribution in [0.3, 0.4) is 0 Å². The van der Waals surface area contributed by atoms with E-state index in [2.05, 4.69) is 10.6 Å². The molecule has 96 valence electrons. The van der Waals surface area contributed by atoms with Crippen LogP contribution < -0.4 is 21.1 Å². The Morgan fingerprint density at radius 3 is 2.94 bits per heavy atom. The van der Waals surface area contributed by atoms with Crippen molar-refractivity contribution >= 4 is 23.0 Å². The summed E-state index contributed by atoms with van der Waals surface area (Å²) in [5.41, 5.74) is 7.55. The molecule has 1 aliphatic heterocycles. The molecule has 0 radical (unpaired) electrons. The van der Waals surface area contributed by atoms with Gasteiger partial charge in [0.1, 0.15) is 5.75 Å². The molecule has 1 heterocycles. The number of amides is 1. The summed E-state index contributed by atoms with van der Waals surface area (Å²) in [7, 11) is 0. The van der Waals surface area contributed by atoms with Gasteiger partial charge in [-0.05, 0) is 18.9 Å². The average molecular weight is 249 g/mol. The number of ether oxygens (including phenoxy) is 1. The monoisotopic (exact) mass is 249 g/mol. The SMILES string of the molecule is Nc1cc2c(cc1NC1(CO)CC1)NC(=O)CO2. The van der Waals surface area contributed by atoms with Gasteiger partial charge < -0.3 is 26.2 Å². The second-order valence-electron chi connectivity index (χ2n) is 4.84. The van der Waals surface area contributed by atoms with Crippen LogP contribution in [-0.4, -0.2) is 29.8 Å². The molecule has 6 nitrogen and oxygen atoms in total. The highest BCUT2D eigenvalue weighted by Crippen LogP contribution is 2.42. The van der Waals surface area contributed by atoms with Crippen LogP contribution >= 0.6 is 0 Å². The number of aliphatic hydroxyl groups is 1. The van der Waals surface area contributed by atoms with Gasteiger partial charge in [0.15, 0.2) is 6.61 Å². The molecule has 2 aliphatic rings. The number of anilines is 3. The minimum Gasteiger partial charge on any atom is -0.482 e. The molecule has 1 amide bonds. The molecule has 0 bridgehead atoms. The number of carbonyl (C=O) groups is 1. The second-order valence-corrected chi connectivity index (χ2v) is 4.84. The molecule has 0 aromatic heterocycles. The standard InChI is InChI=1S/C12H15N3O3/c13-7-3-10-9(14-11(17)5-18-10)4-8(7)15-12(6-16)1-2-12/h3-4,15-16H,1-2,5-6,13H2,(H,14,17). The van der Waals surface area contributed by atoms with E-state index in [9.17, 15) is 9.90 Å². The van der Waals surface area contributed by atoms with Crippen LogP contribution in [0.15, 0.2) is 12.1 Å². The molecule has 0 atom stereocenters. The molecule has 3 rings (SSSR count). The quantitative estimate of drug-likeness (QED) is 0.586. The van der Waals surface area contributed by atoms with Crippen LogP contribution in [0.4, 0.5) is 17.1 Å². The summed E-state index contributed by atoms with van der Waals surface area (Å²) >= 11 is 0. The van der Waals surface area contributed by atoms with Crippen LogP contribution in [0.1, 0.15) is 12.8 Å². The predicted octanol–water partition coefficient (Wildman–Crippen LogP) is 0.536. The first-order chi connectivity index (χ1) is 8.62. The molecule has 1 aliphatic carbocycles. The summed E-state index contributed by atoms with van der Waals surface area (Å²) in [6.45, 7) is 0.0895. The van der Waals surface area contributed by atoms with Crippen molar-refractivity contribution in [2.45, 2.75) is 18.4 Å². The second kappa shape index (κ2) is 3.78. The van der Waals surface area contributed by atoms with Gasteiger partial charge in [-0.1, -0.05) is 0 Å². The van der Waals surface area contributed by atoms with E-state index in [1.807, 2.05) is 0 Å². The Balaban J connectivity index is 1.91. The maximum atomic E-state index is 11.2. The normalized spacial score (nSPS) is 19.5. The van der Waals surface area contributed by atoms with E-state index in [1.54, 1.807) is 12.1 Å². The third-order valence-electron chi connectivity index (χ3n) is 3.34. The summed E-state index contributed by atoms with van der Waals surface area (Å²) in [4.78, 5) is 11.2. The van der Waals surface area contributed by atoms with E-state index < -0.39 is 0 Å². The zero-order valence-corrected chi connectivity index (χ0v) is 9.82.